The minimum atomic E-state index is -0.138. The van der Waals surface area contributed by atoms with Crippen LogP contribution in [0.25, 0.3) is 0 Å². The third-order valence-corrected chi connectivity index (χ3v) is 6.00. The van der Waals surface area contributed by atoms with E-state index in [4.69, 9.17) is 4.74 Å². The van der Waals surface area contributed by atoms with Gasteiger partial charge in [-0.2, -0.15) is 0 Å². The summed E-state index contributed by atoms with van der Waals surface area (Å²) in [5.41, 5.74) is 2.47. The predicted octanol–water partition coefficient (Wildman–Crippen LogP) is 3.89. The molecule has 0 spiro atoms. The quantitative estimate of drug-likeness (QED) is 0.608. The highest BCUT2D eigenvalue weighted by Gasteiger charge is 2.25. The maximum absolute atomic E-state index is 14.0. The van der Waals surface area contributed by atoms with E-state index < -0.39 is 0 Å². The van der Waals surface area contributed by atoms with Crippen LogP contribution in [0.1, 0.15) is 28.8 Å². The van der Waals surface area contributed by atoms with Gasteiger partial charge in [-0.1, -0.05) is 24.3 Å². The Kier molecular flexibility index (Phi) is 8.43. The van der Waals surface area contributed by atoms with Gasteiger partial charge in [0.1, 0.15) is 5.82 Å². The molecule has 0 bridgehead atoms. The molecule has 1 aliphatic rings. The fraction of sp³-hybridized carbons (Fsp3) is 0.480. The number of carbonyl (C=O) groups excluding carboxylic acids is 1. The predicted molar refractivity (Wildman–Crippen MR) is 123 cm³/mol. The van der Waals surface area contributed by atoms with Crippen molar-refractivity contribution in [3.05, 3.63) is 65.5 Å². The standard InChI is InChI=1S/C25H34FN3O2/c1-27(2)23-9-6-8-21(17-23)25(30)29(15-16-31-3)18-20-11-13-28(14-12-20)19-22-7-4-5-10-24(22)26/h4-10,17,20H,11-16,18-19H2,1-3H3. The van der Waals surface area contributed by atoms with Crippen LogP contribution in [0.4, 0.5) is 10.1 Å². The molecule has 5 nitrogen and oxygen atoms in total. The first-order chi connectivity index (χ1) is 15.0. The van der Waals surface area contributed by atoms with Crippen LogP contribution in [0.5, 0.6) is 0 Å². The number of hydrogen-bond acceptors (Lipinski definition) is 4. The van der Waals surface area contributed by atoms with Crippen LogP contribution in [-0.2, 0) is 11.3 Å². The van der Waals surface area contributed by atoms with Crippen molar-refractivity contribution in [1.82, 2.24) is 9.80 Å². The molecule has 1 amide bonds. The molecule has 168 valence electrons. The van der Waals surface area contributed by atoms with E-state index in [1.807, 2.05) is 60.3 Å². The molecule has 6 heteroatoms. The molecule has 1 saturated heterocycles. The van der Waals surface area contributed by atoms with Gasteiger partial charge in [-0.05, 0) is 56.1 Å². The maximum atomic E-state index is 14.0. The van der Waals surface area contributed by atoms with E-state index in [9.17, 15) is 9.18 Å². The van der Waals surface area contributed by atoms with Crippen LogP contribution < -0.4 is 4.90 Å². The zero-order valence-electron chi connectivity index (χ0n) is 18.9. The van der Waals surface area contributed by atoms with Gasteiger partial charge in [0, 0.05) is 57.7 Å². The Balaban J connectivity index is 1.59. The van der Waals surface area contributed by atoms with Crippen molar-refractivity contribution in [1.29, 1.82) is 0 Å². The number of halogens is 1. The Morgan fingerprint density at radius 2 is 1.87 bits per heavy atom. The number of anilines is 1. The number of likely N-dealkylation sites (tertiary alicyclic amines) is 1. The Hall–Kier alpha value is -2.44. The van der Waals surface area contributed by atoms with Gasteiger partial charge < -0.3 is 14.5 Å². The number of rotatable bonds is 9. The summed E-state index contributed by atoms with van der Waals surface area (Å²) < 4.78 is 19.2. The second kappa shape index (κ2) is 11.3. The van der Waals surface area contributed by atoms with Crippen LogP contribution in [0, 0.1) is 11.7 Å². The van der Waals surface area contributed by atoms with Crippen LogP contribution in [0.2, 0.25) is 0 Å². The van der Waals surface area contributed by atoms with Gasteiger partial charge in [0.05, 0.1) is 6.61 Å². The lowest BCUT2D eigenvalue weighted by atomic mass is 9.95. The highest BCUT2D eigenvalue weighted by atomic mass is 19.1. The number of ether oxygens (including phenoxy) is 1. The lowest BCUT2D eigenvalue weighted by molar-refractivity contribution is 0.0617. The van der Waals surface area contributed by atoms with E-state index in [0.717, 1.165) is 43.7 Å². The highest BCUT2D eigenvalue weighted by Crippen LogP contribution is 2.22. The van der Waals surface area contributed by atoms with Crippen molar-refractivity contribution in [2.45, 2.75) is 19.4 Å². The second-order valence-electron chi connectivity index (χ2n) is 8.50. The molecule has 2 aromatic carbocycles. The van der Waals surface area contributed by atoms with Crippen molar-refractivity contribution in [2.24, 2.45) is 5.92 Å². The minimum absolute atomic E-state index is 0.0505. The van der Waals surface area contributed by atoms with Gasteiger partial charge >= 0.3 is 0 Å². The summed E-state index contributed by atoms with van der Waals surface area (Å²) >= 11 is 0. The van der Waals surface area contributed by atoms with E-state index in [-0.39, 0.29) is 11.7 Å². The molecule has 0 unspecified atom stereocenters. The summed E-state index contributed by atoms with van der Waals surface area (Å²) in [5, 5.41) is 0. The number of piperidine rings is 1. The normalized spacial score (nSPS) is 15.1. The Morgan fingerprint density at radius 3 is 2.55 bits per heavy atom. The highest BCUT2D eigenvalue weighted by molar-refractivity contribution is 5.95. The third kappa shape index (κ3) is 6.52. The van der Waals surface area contributed by atoms with Gasteiger partial charge in [0.25, 0.3) is 5.91 Å². The lowest BCUT2D eigenvalue weighted by Crippen LogP contribution is -2.42. The summed E-state index contributed by atoms with van der Waals surface area (Å²) in [5.74, 6) is 0.352. The zero-order chi connectivity index (χ0) is 22.2. The topological polar surface area (TPSA) is 36.0 Å². The average molecular weight is 428 g/mol. The summed E-state index contributed by atoms with van der Waals surface area (Å²) in [6.45, 7) is 4.30. The SMILES string of the molecule is COCCN(CC1CCN(Cc2ccccc2F)CC1)C(=O)c1cccc(N(C)C)c1. The number of amides is 1. The smallest absolute Gasteiger partial charge is 0.254 e. The van der Waals surface area contributed by atoms with Crippen LogP contribution in [0.3, 0.4) is 0 Å². The van der Waals surface area contributed by atoms with E-state index in [0.29, 0.717) is 31.2 Å². The first-order valence-electron chi connectivity index (χ1n) is 11.0. The van der Waals surface area contributed by atoms with Gasteiger partial charge in [0.15, 0.2) is 0 Å². The summed E-state index contributed by atoms with van der Waals surface area (Å²) in [4.78, 5) is 19.5. The number of nitrogens with zero attached hydrogens (tertiary/aromatic N) is 3. The molecule has 1 aliphatic heterocycles. The number of methoxy groups -OCH3 is 1. The van der Waals surface area contributed by atoms with Gasteiger partial charge in [0.2, 0.25) is 0 Å². The molecule has 0 radical (unpaired) electrons. The largest absolute Gasteiger partial charge is 0.383 e. The summed E-state index contributed by atoms with van der Waals surface area (Å²) in [6.07, 6.45) is 2.01. The van der Waals surface area contributed by atoms with Crippen molar-refractivity contribution in [3.63, 3.8) is 0 Å². The molecule has 0 atom stereocenters. The number of carbonyl (C=O) groups is 1. The van der Waals surface area contributed by atoms with E-state index >= 15 is 0 Å². The molecule has 3 rings (SSSR count). The lowest BCUT2D eigenvalue weighted by Gasteiger charge is -2.35. The monoisotopic (exact) mass is 427 g/mol. The molecule has 0 N–H and O–H groups in total. The molecular formula is C25H34FN3O2. The van der Waals surface area contributed by atoms with Crippen LogP contribution in [-0.4, -0.2) is 69.7 Å². The first-order valence-corrected chi connectivity index (χ1v) is 11.0. The van der Waals surface area contributed by atoms with E-state index in [1.54, 1.807) is 13.2 Å². The first kappa shape index (κ1) is 23.2. The second-order valence-corrected chi connectivity index (χ2v) is 8.50. The van der Waals surface area contributed by atoms with Gasteiger partial charge in [-0.25, -0.2) is 4.39 Å². The molecule has 0 saturated carbocycles. The van der Waals surface area contributed by atoms with Crippen LogP contribution >= 0.6 is 0 Å². The third-order valence-electron chi connectivity index (χ3n) is 6.00. The minimum Gasteiger partial charge on any atom is -0.383 e. The molecular weight excluding hydrogens is 393 g/mol. The molecule has 2 aromatic rings. The number of hydrogen-bond donors (Lipinski definition) is 0. The van der Waals surface area contributed by atoms with Crippen molar-refractivity contribution in [2.75, 3.05) is 58.9 Å². The van der Waals surface area contributed by atoms with Gasteiger partial charge in [-0.15, -0.1) is 0 Å². The molecule has 0 aromatic heterocycles. The van der Waals surface area contributed by atoms with Crippen molar-refractivity contribution < 1.29 is 13.9 Å². The number of benzene rings is 2. The summed E-state index contributed by atoms with van der Waals surface area (Å²) in [7, 11) is 5.61. The van der Waals surface area contributed by atoms with Gasteiger partial charge in [-0.3, -0.25) is 9.69 Å². The molecule has 31 heavy (non-hydrogen) atoms. The maximum Gasteiger partial charge on any atom is 0.254 e. The Bertz CT molecular complexity index is 850. The fourth-order valence-corrected chi connectivity index (χ4v) is 4.08. The molecule has 1 heterocycles. The Labute approximate surface area is 185 Å². The van der Waals surface area contributed by atoms with Crippen molar-refractivity contribution in [3.8, 4) is 0 Å². The van der Waals surface area contributed by atoms with E-state index in [1.165, 1.54) is 6.07 Å². The molecule has 0 aliphatic carbocycles. The molecule has 1 fully saturated rings. The van der Waals surface area contributed by atoms with Crippen LogP contribution in [0.15, 0.2) is 48.5 Å². The Morgan fingerprint density at radius 1 is 1.13 bits per heavy atom. The van der Waals surface area contributed by atoms with E-state index in [2.05, 4.69) is 4.90 Å². The van der Waals surface area contributed by atoms with Crippen molar-refractivity contribution >= 4 is 11.6 Å². The zero-order valence-corrected chi connectivity index (χ0v) is 18.9. The average Bonchev–Trinajstić information content (AvgIpc) is 2.79. The fourth-order valence-electron chi connectivity index (χ4n) is 4.08. The summed E-state index contributed by atoms with van der Waals surface area (Å²) in [6, 6.07) is 14.7.